The Labute approximate surface area is 188 Å². The molecule has 0 aliphatic carbocycles. The molecule has 2 N–H and O–H groups in total. The van der Waals surface area contributed by atoms with Gasteiger partial charge in [0.15, 0.2) is 5.96 Å². The minimum Gasteiger partial charge on any atom is -0.434 e. The van der Waals surface area contributed by atoms with Gasteiger partial charge >= 0.3 is 6.61 Å². The molecule has 1 aromatic carbocycles. The Hall–Kier alpha value is -1.91. The molecule has 29 heavy (non-hydrogen) atoms. The molecule has 9 heteroatoms. The highest BCUT2D eigenvalue weighted by molar-refractivity contribution is 14.0. The lowest BCUT2D eigenvalue weighted by Gasteiger charge is -2.13. The Kier molecular flexibility index (Phi) is 10.9. The summed E-state index contributed by atoms with van der Waals surface area (Å²) in [5.41, 5.74) is 3.75. The number of aryl methyl sites for hydroxylation is 4. The number of nitrogens with one attached hydrogen (secondary N) is 2. The molecule has 0 atom stereocenters. The van der Waals surface area contributed by atoms with Crippen molar-refractivity contribution in [1.29, 1.82) is 0 Å². The van der Waals surface area contributed by atoms with E-state index < -0.39 is 6.61 Å². The summed E-state index contributed by atoms with van der Waals surface area (Å²) in [6, 6.07) is 7.17. The first kappa shape index (κ1) is 25.1. The maximum absolute atomic E-state index is 12.6. The molecule has 0 spiro atoms. The van der Waals surface area contributed by atoms with E-state index in [1.807, 2.05) is 38.4 Å². The van der Waals surface area contributed by atoms with Gasteiger partial charge in [0.25, 0.3) is 0 Å². The number of halogens is 3. The number of nitrogens with zero attached hydrogens (tertiary/aromatic N) is 3. The number of aliphatic imine (C=N–C) groups is 1. The van der Waals surface area contributed by atoms with Crippen molar-refractivity contribution < 1.29 is 13.5 Å². The molecule has 162 valence electrons. The molecule has 0 bridgehead atoms. The van der Waals surface area contributed by atoms with Gasteiger partial charge in [-0.05, 0) is 46.2 Å². The van der Waals surface area contributed by atoms with Gasteiger partial charge in [-0.2, -0.15) is 13.9 Å². The summed E-state index contributed by atoms with van der Waals surface area (Å²) in [6.45, 7) is 7.54. The average molecular weight is 521 g/mol. The number of rotatable bonds is 9. The topological polar surface area (TPSA) is 63.5 Å². The lowest BCUT2D eigenvalue weighted by molar-refractivity contribution is -0.0504. The van der Waals surface area contributed by atoms with Gasteiger partial charge in [0.1, 0.15) is 5.75 Å². The largest absolute Gasteiger partial charge is 0.434 e. The molecule has 0 unspecified atom stereocenters. The molecular weight excluding hydrogens is 491 g/mol. The van der Waals surface area contributed by atoms with Crippen LogP contribution in [0.1, 0.15) is 35.9 Å². The second-order valence-corrected chi connectivity index (χ2v) is 6.62. The summed E-state index contributed by atoms with van der Waals surface area (Å²) in [5, 5.41) is 10.9. The highest BCUT2D eigenvalue weighted by Gasteiger charge is 2.10. The maximum Gasteiger partial charge on any atom is 0.387 e. The van der Waals surface area contributed by atoms with Crippen molar-refractivity contribution in [2.45, 2.75) is 53.8 Å². The molecule has 0 radical (unpaired) electrons. The second kappa shape index (κ2) is 12.6. The Morgan fingerprint density at radius 2 is 1.97 bits per heavy atom. The van der Waals surface area contributed by atoms with Crippen LogP contribution < -0.4 is 15.4 Å². The van der Waals surface area contributed by atoms with Crippen LogP contribution in [0, 0.1) is 20.8 Å². The monoisotopic (exact) mass is 521 g/mol. The van der Waals surface area contributed by atoms with E-state index in [0.29, 0.717) is 18.1 Å². The Morgan fingerprint density at radius 3 is 2.59 bits per heavy atom. The van der Waals surface area contributed by atoms with Gasteiger partial charge < -0.3 is 15.4 Å². The van der Waals surface area contributed by atoms with Crippen molar-refractivity contribution in [3.63, 3.8) is 0 Å². The summed E-state index contributed by atoms with van der Waals surface area (Å²) < 4.78 is 31.8. The van der Waals surface area contributed by atoms with E-state index in [0.717, 1.165) is 36.5 Å². The minimum atomic E-state index is -2.86. The number of aromatic nitrogens is 2. The smallest absolute Gasteiger partial charge is 0.387 e. The van der Waals surface area contributed by atoms with E-state index >= 15 is 0 Å². The third kappa shape index (κ3) is 8.55. The number of hydrogen-bond acceptors (Lipinski definition) is 3. The van der Waals surface area contributed by atoms with Gasteiger partial charge in [-0.1, -0.05) is 17.7 Å². The Balaban J connectivity index is 0.00000420. The van der Waals surface area contributed by atoms with Crippen molar-refractivity contribution >= 4 is 29.9 Å². The minimum absolute atomic E-state index is 0. The van der Waals surface area contributed by atoms with Crippen LogP contribution in [0.2, 0.25) is 0 Å². The molecule has 2 aromatic rings. The van der Waals surface area contributed by atoms with E-state index in [-0.39, 0.29) is 36.3 Å². The van der Waals surface area contributed by atoms with Gasteiger partial charge in [-0.3, -0.25) is 4.68 Å². The zero-order chi connectivity index (χ0) is 20.5. The summed E-state index contributed by atoms with van der Waals surface area (Å²) in [4.78, 5) is 4.51. The fourth-order valence-electron chi connectivity index (χ4n) is 2.89. The molecule has 0 aliphatic heterocycles. The van der Waals surface area contributed by atoms with Crippen LogP contribution in [-0.2, 0) is 13.1 Å². The van der Waals surface area contributed by atoms with Crippen molar-refractivity contribution in [3.8, 4) is 5.75 Å². The van der Waals surface area contributed by atoms with E-state index in [9.17, 15) is 8.78 Å². The van der Waals surface area contributed by atoms with Crippen LogP contribution >= 0.6 is 24.0 Å². The molecular formula is C20H30F2IN5O. The van der Waals surface area contributed by atoms with Gasteiger partial charge in [-0.15, -0.1) is 24.0 Å². The SMILES string of the molecule is CCNC(=NCc1cc(C)ccc1OC(F)F)NCCCn1nc(C)cc1C.I. The van der Waals surface area contributed by atoms with Crippen LogP contribution in [0.5, 0.6) is 5.75 Å². The molecule has 1 heterocycles. The second-order valence-electron chi connectivity index (χ2n) is 6.62. The Bertz CT molecular complexity index is 795. The zero-order valence-corrected chi connectivity index (χ0v) is 19.7. The van der Waals surface area contributed by atoms with Crippen LogP contribution in [0.25, 0.3) is 0 Å². The molecule has 0 fully saturated rings. The van der Waals surface area contributed by atoms with Gasteiger partial charge in [0, 0.05) is 30.9 Å². The summed E-state index contributed by atoms with van der Waals surface area (Å²) in [5.74, 6) is 0.796. The maximum atomic E-state index is 12.6. The summed E-state index contributed by atoms with van der Waals surface area (Å²) >= 11 is 0. The first-order valence-corrected chi connectivity index (χ1v) is 9.46. The normalized spacial score (nSPS) is 11.3. The summed E-state index contributed by atoms with van der Waals surface area (Å²) in [7, 11) is 0. The zero-order valence-electron chi connectivity index (χ0n) is 17.3. The van der Waals surface area contributed by atoms with Crippen molar-refractivity contribution in [1.82, 2.24) is 20.4 Å². The van der Waals surface area contributed by atoms with E-state index in [4.69, 9.17) is 0 Å². The van der Waals surface area contributed by atoms with E-state index in [2.05, 4.69) is 31.5 Å². The van der Waals surface area contributed by atoms with E-state index in [1.54, 1.807) is 12.1 Å². The molecule has 0 saturated heterocycles. The quantitative estimate of drug-likeness (QED) is 0.225. The molecule has 6 nitrogen and oxygen atoms in total. The van der Waals surface area contributed by atoms with Gasteiger partial charge in [0.05, 0.1) is 12.2 Å². The first-order valence-electron chi connectivity index (χ1n) is 9.46. The molecule has 1 aromatic heterocycles. The lowest BCUT2D eigenvalue weighted by Crippen LogP contribution is -2.38. The standard InChI is InChI=1S/C20H29F2N5O.HI/c1-5-23-20(24-9-6-10-27-16(4)12-15(3)26-27)25-13-17-11-14(2)7-8-18(17)28-19(21)22;/h7-8,11-12,19H,5-6,9-10,13H2,1-4H3,(H2,23,24,25);1H. The molecule has 0 aliphatic rings. The fourth-order valence-corrected chi connectivity index (χ4v) is 2.89. The fraction of sp³-hybridized carbons (Fsp3) is 0.500. The first-order chi connectivity index (χ1) is 13.4. The van der Waals surface area contributed by atoms with Crippen LogP contribution in [0.3, 0.4) is 0 Å². The third-order valence-electron chi connectivity index (χ3n) is 4.13. The van der Waals surface area contributed by atoms with Crippen LogP contribution in [0.15, 0.2) is 29.3 Å². The van der Waals surface area contributed by atoms with Crippen molar-refractivity contribution in [2.24, 2.45) is 4.99 Å². The predicted octanol–water partition coefficient (Wildman–Crippen LogP) is 4.17. The Morgan fingerprint density at radius 1 is 1.21 bits per heavy atom. The third-order valence-corrected chi connectivity index (χ3v) is 4.13. The van der Waals surface area contributed by atoms with E-state index in [1.165, 1.54) is 0 Å². The lowest BCUT2D eigenvalue weighted by atomic mass is 10.1. The van der Waals surface area contributed by atoms with Crippen LogP contribution in [0.4, 0.5) is 8.78 Å². The number of hydrogen-bond donors (Lipinski definition) is 2. The molecule has 0 saturated carbocycles. The van der Waals surface area contributed by atoms with Crippen molar-refractivity contribution in [2.75, 3.05) is 13.1 Å². The molecule has 2 rings (SSSR count). The van der Waals surface area contributed by atoms with Gasteiger partial charge in [0.2, 0.25) is 0 Å². The summed E-state index contributed by atoms with van der Waals surface area (Å²) in [6.07, 6.45) is 0.885. The number of alkyl halides is 2. The number of guanidine groups is 1. The number of ether oxygens (including phenoxy) is 1. The highest BCUT2D eigenvalue weighted by Crippen LogP contribution is 2.22. The molecule has 0 amide bonds. The highest BCUT2D eigenvalue weighted by atomic mass is 127. The predicted molar refractivity (Wildman–Crippen MR) is 122 cm³/mol. The average Bonchev–Trinajstić information content (AvgIpc) is 2.95. The van der Waals surface area contributed by atoms with Crippen molar-refractivity contribution in [3.05, 3.63) is 46.8 Å². The number of benzene rings is 1. The van der Waals surface area contributed by atoms with Gasteiger partial charge in [-0.25, -0.2) is 4.99 Å². The van der Waals surface area contributed by atoms with Crippen LogP contribution in [-0.4, -0.2) is 35.4 Å².